The minimum absolute atomic E-state index is 0.208. The van der Waals surface area contributed by atoms with Gasteiger partial charge < -0.3 is 19.9 Å². The lowest BCUT2D eigenvalue weighted by Crippen LogP contribution is -2.52. The lowest BCUT2D eigenvalue weighted by Gasteiger charge is -2.39. The average molecular weight is 365 g/mol. The van der Waals surface area contributed by atoms with E-state index >= 15 is 0 Å². The molecule has 1 aliphatic rings. The van der Waals surface area contributed by atoms with Gasteiger partial charge in [-0.1, -0.05) is 18.2 Å². The fraction of sp³-hybridized carbons (Fsp3) is 0.632. The van der Waals surface area contributed by atoms with Gasteiger partial charge in [-0.05, 0) is 34.0 Å². The van der Waals surface area contributed by atoms with Crippen LogP contribution in [0.5, 0.6) is 5.75 Å². The van der Waals surface area contributed by atoms with Gasteiger partial charge in [-0.15, -0.1) is 0 Å². The summed E-state index contributed by atoms with van der Waals surface area (Å²) in [5.74, 6) is 3.04. The molecule has 0 amide bonds. The fourth-order valence-electron chi connectivity index (χ4n) is 3.23. The number of rotatable bonds is 5. The first-order valence-corrected chi connectivity index (χ1v) is 9.75. The molecule has 5 nitrogen and oxygen atoms in total. The molecule has 0 aromatic heterocycles. The van der Waals surface area contributed by atoms with Crippen LogP contribution in [0.1, 0.15) is 25.5 Å². The normalized spacial score (nSPS) is 19.0. The third-order valence-electron chi connectivity index (χ3n) is 4.51. The third kappa shape index (κ3) is 5.28. The Morgan fingerprint density at radius 2 is 2.12 bits per heavy atom. The van der Waals surface area contributed by atoms with Crippen molar-refractivity contribution < 1.29 is 4.74 Å². The summed E-state index contributed by atoms with van der Waals surface area (Å²) in [5, 5.41) is 3.58. The molecule has 6 heteroatoms. The molecule has 1 aromatic rings. The Bertz CT molecular complexity index is 589. The minimum Gasteiger partial charge on any atom is -0.496 e. The molecular weight excluding hydrogens is 332 g/mol. The number of nitrogens with zero attached hydrogens (tertiary/aromatic N) is 3. The number of methoxy groups -OCH3 is 1. The lowest BCUT2D eigenvalue weighted by molar-refractivity contribution is 0.283. The molecule has 2 rings (SSSR count). The maximum Gasteiger partial charge on any atom is 0.193 e. The molecule has 140 valence electrons. The molecule has 1 aromatic carbocycles. The van der Waals surface area contributed by atoms with Crippen molar-refractivity contribution in [1.82, 2.24) is 15.1 Å². The predicted octanol–water partition coefficient (Wildman–Crippen LogP) is 2.70. The predicted molar refractivity (Wildman–Crippen MR) is 109 cm³/mol. The van der Waals surface area contributed by atoms with Crippen molar-refractivity contribution >= 4 is 17.7 Å². The number of hydrogen-bond donors (Lipinski definition) is 1. The molecule has 1 atom stereocenters. The highest BCUT2D eigenvalue weighted by Gasteiger charge is 2.29. The molecule has 25 heavy (non-hydrogen) atoms. The number of likely N-dealkylation sites (N-methyl/N-ethyl adjacent to an activating group) is 1. The Morgan fingerprint density at radius 3 is 2.72 bits per heavy atom. The highest BCUT2D eigenvalue weighted by Crippen LogP contribution is 2.30. The maximum absolute atomic E-state index is 5.56. The van der Waals surface area contributed by atoms with Gasteiger partial charge in [0.15, 0.2) is 5.96 Å². The molecule has 0 radical (unpaired) electrons. The van der Waals surface area contributed by atoms with E-state index in [-0.39, 0.29) is 10.8 Å². The van der Waals surface area contributed by atoms with Gasteiger partial charge in [0, 0.05) is 42.7 Å². The Morgan fingerprint density at radius 1 is 1.40 bits per heavy atom. The molecule has 1 N–H and O–H groups in total. The number of nitrogens with one attached hydrogen (secondary N) is 1. The van der Waals surface area contributed by atoms with Crippen LogP contribution in [0.4, 0.5) is 0 Å². The van der Waals surface area contributed by atoms with Gasteiger partial charge in [0.2, 0.25) is 0 Å². The summed E-state index contributed by atoms with van der Waals surface area (Å²) in [5.41, 5.74) is 1.19. The van der Waals surface area contributed by atoms with E-state index in [9.17, 15) is 0 Å². The lowest BCUT2D eigenvalue weighted by atomic mass is 10.0. The summed E-state index contributed by atoms with van der Waals surface area (Å²) < 4.78 is 5.82. The van der Waals surface area contributed by atoms with Crippen molar-refractivity contribution in [3.8, 4) is 5.75 Å². The van der Waals surface area contributed by atoms with Crippen molar-refractivity contribution in [3.63, 3.8) is 0 Å². The average Bonchev–Trinajstić information content (AvgIpc) is 2.57. The largest absolute Gasteiger partial charge is 0.496 e. The van der Waals surface area contributed by atoms with Crippen LogP contribution in [-0.4, -0.2) is 74.1 Å². The number of benzene rings is 1. The van der Waals surface area contributed by atoms with Crippen molar-refractivity contribution in [3.05, 3.63) is 29.8 Å². The van der Waals surface area contributed by atoms with Crippen LogP contribution >= 0.6 is 11.8 Å². The van der Waals surface area contributed by atoms with E-state index in [2.05, 4.69) is 60.2 Å². The van der Waals surface area contributed by atoms with E-state index in [1.165, 1.54) is 5.56 Å². The highest BCUT2D eigenvalue weighted by molar-refractivity contribution is 8.00. The summed E-state index contributed by atoms with van der Waals surface area (Å²) in [6.45, 7) is 7.43. The van der Waals surface area contributed by atoms with E-state index in [1.54, 1.807) is 7.11 Å². The molecule has 0 saturated carbocycles. The summed E-state index contributed by atoms with van der Waals surface area (Å²) >= 11 is 2.03. The highest BCUT2D eigenvalue weighted by atomic mass is 32.2. The number of hydrogen-bond acceptors (Lipinski definition) is 4. The number of para-hydroxylation sites is 1. The maximum atomic E-state index is 5.56. The van der Waals surface area contributed by atoms with Gasteiger partial charge in [-0.2, -0.15) is 11.8 Å². The zero-order valence-corrected chi connectivity index (χ0v) is 17.2. The fourth-order valence-corrected chi connectivity index (χ4v) is 4.34. The molecule has 0 spiro atoms. The quantitative estimate of drug-likeness (QED) is 0.643. The number of aliphatic imine (C=N–C) groups is 1. The topological polar surface area (TPSA) is 40.1 Å². The second-order valence-corrected chi connectivity index (χ2v) is 8.98. The van der Waals surface area contributed by atoms with Gasteiger partial charge in [0.05, 0.1) is 13.2 Å². The van der Waals surface area contributed by atoms with Gasteiger partial charge in [0.25, 0.3) is 0 Å². The van der Waals surface area contributed by atoms with Gasteiger partial charge in [0.1, 0.15) is 5.75 Å². The van der Waals surface area contributed by atoms with Crippen molar-refractivity contribution in [2.45, 2.75) is 24.6 Å². The standard InChI is InChI=1S/C19H32N4OS/c1-19(2)14-23(11-12-25-19)18(20-3)21-13-16(22(4)5)15-9-7-8-10-17(15)24-6/h7-10,16H,11-14H2,1-6H3,(H,20,21). The molecule has 1 unspecified atom stereocenters. The molecule has 1 heterocycles. The zero-order chi connectivity index (χ0) is 18.4. The summed E-state index contributed by atoms with van der Waals surface area (Å²) in [6.07, 6.45) is 0. The Hall–Kier alpha value is -1.40. The Kier molecular flexibility index (Phi) is 7.02. The number of ether oxygens (including phenoxy) is 1. The van der Waals surface area contributed by atoms with Crippen LogP contribution in [0.2, 0.25) is 0 Å². The zero-order valence-electron chi connectivity index (χ0n) is 16.4. The molecule has 1 aliphatic heterocycles. The van der Waals surface area contributed by atoms with E-state index in [0.717, 1.165) is 37.1 Å². The second kappa shape index (κ2) is 8.81. The Labute approximate surface area is 156 Å². The van der Waals surface area contributed by atoms with Gasteiger partial charge in [-0.25, -0.2) is 0 Å². The summed E-state index contributed by atoms with van der Waals surface area (Å²) in [6, 6.07) is 8.43. The summed E-state index contributed by atoms with van der Waals surface area (Å²) in [7, 11) is 7.79. The first-order valence-electron chi connectivity index (χ1n) is 8.77. The van der Waals surface area contributed by atoms with Crippen LogP contribution in [0.25, 0.3) is 0 Å². The molecule has 0 aliphatic carbocycles. The summed E-state index contributed by atoms with van der Waals surface area (Å²) in [4.78, 5) is 9.10. The van der Waals surface area contributed by atoms with Crippen molar-refractivity contribution in [1.29, 1.82) is 0 Å². The van der Waals surface area contributed by atoms with Gasteiger partial charge in [-0.3, -0.25) is 4.99 Å². The van der Waals surface area contributed by atoms with Crippen molar-refractivity contribution in [2.24, 2.45) is 4.99 Å². The van der Waals surface area contributed by atoms with Crippen LogP contribution in [0.15, 0.2) is 29.3 Å². The second-order valence-electron chi connectivity index (χ2n) is 7.18. The van der Waals surface area contributed by atoms with E-state index in [1.807, 2.05) is 30.9 Å². The first kappa shape index (κ1) is 19.9. The number of thioether (sulfide) groups is 1. The molecule has 1 fully saturated rings. The van der Waals surface area contributed by atoms with Crippen LogP contribution in [0, 0.1) is 0 Å². The van der Waals surface area contributed by atoms with Crippen LogP contribution < -0.4 is 10.1 Å². The van der Waals surface area contributed by atoms with E-state index < -0.39 is 0 Å². The smallest absolute Gasteiger partial charge is 0.193 e. The molecule has 0 bridgehead atoms. The first-order chi connectivity index (χ1) is 11.9. The molecular formula is C19H32N4OS. The van der Waals surface area contributed by atoms with E-state index in [4.69, 9.17) is 4.74 Å². The third-order valence-corrected chi connectivity index (χ3v) is 5.81. The minimum atomic E-state index is 0.208. The monoisotopic (exact) mass is 364 g/mol. The van der Waals surface area contributed by atoms with E-state index in [0.29, 0.717) is 0 Å². The van der Waals surface area contributed by atoms with Crippen LogP contribution in [0.3, 0.4) is 0 Å². The molecule has 1 saturated heterocycles. The Balaban J connectivity index is 2.09. The van der Waals surface area contributed by atoms with Crippen molar-refractivity contribution in [2.75, 3.05) is 53.6 Å². The van der Waals surface area contributed by atoms with Crippen LogP contribution in [-0.2, 0) is 0 Å². The SMILES string of the molecule is CN=C(NCC(c1ccccc1OC)N(C)C)N1CCSC(C)(C)C1. The van der Waals surface area contributed by atoms with Gasteiger partial charge >= 0.3 is 0 Å². The number of guanidine groups is 1.